The van der Waals surface area contributed by atoms with Gasteiger partial charge >= 0.3 is 12.1 Å². The van der Waals surface area contributed by atoms with Crippen LogP contribution in [0.1, 0.15) is 49.5 Å². The molecule has 0 bridgehead atoms. The molecule has 2 heterocycles. The lowest BCUT2D eigenvalue weighted by molar-refractivity contribution is -0.0579. The molecule has 0 aliphatic carbocycles. The van der Waals surface area contributed by atoms with E-state index in [0.717, 1.165) is 5.39 Å². The van der Waals surface area contributed by atoms with Gasteiger partial charge < -0.3 is 14.4 Å². The molecule has 0 unspecified atom stereocenters. The van der Waals surface area contributed by atoms with E-state index in [0.29, 0.717) is 47.6 Å². The average molecular weight is 488 g/mol. The van der Waals surface area contributed by atoms with E-state index in [4.69, 9.17) is 21.1 Å². The van der Waals surface area contributed by atoms with Crippen LogP contribution in [0.15, 0.2) is 42.6 Å². The maximum Gasteiger partial charge on any atom is 0.410 e. The highest BCUT2D eigenvalue weighted by molar-refractivity contribution is 6.32. The van der Waals surface area contributed by atoms with Crippen molar-refractivity contribution in [3.05, 3.63) is 64.6 Å². The van der Waals surface area contributed by atoms with E-state index in [1.807, 2.05) is 20.8 Å². The van der Waals surface area contributed by atoms with Crippen molar-refractivity contribution in [3.63, 3.8) is 0 Å². The van der Waals surface area contributed by atoms with Crippen molar-refractivity contribution >= 4 is 34.6 Å². The van der Waals surface area contributed by atoms with Gasteiger partial charge in [-0.15, -0.1) is 0 Å². The van der Waals surface area contributed by atoms with Crippen molar-refractivity contribution in [3.8, 4) is 0 Å². The molecule has 0 radical (unpaired) electrons. The minimum absolute atomic E-state index is 0.290. The van der Waals surface area contributed by atoms with Crippen LogP contribution in [0.2, 0.25) is 5.02 Å². The van der Waals surface area contributed by atoms with Crippen molar-refractivity contribution in [2.24, 2.45) is 7.05 Å². The molecule has 34 heavy (non-hydrogen) atoms. The fraction of sp³-hybridized carbons (Fsp3) is 0.400. The summed E-state index contributed by atoms with van der Waals surface area (Å²) in [7, 11) is 1.74. The van der Waals surface area contributed by atoms with Gasteiger partial charge in [0, 0.05) is 43.4 Å². The normalized spacial score (nSPS) is 15.9. The summed E-state index contributed by atoms with van der Waals surface area (Å²) in [6.45, 7) is 6.06. The number of esters is 1. The molecule has 2 aromatic carbocycles. The second-order valence-corrected chi connectivity index (χ2v) is 9.95. The largest absolute Gasteiger partial charge is 0.450 e. The number of carbonyl (C=O) groups is 2. The highest BCUT2D eigenvalue weighted by Gasteiger charge is 2.42. The first-order chi connectivity index (χ1) is 16.0. The Balaban J connectivity index is 1.65. The number of ether oxygens (including phenoxy) is 2. The number of piperidine rings is 1. The predicted molar refractivity (Wildman–Crippen MR) is 126 cm³/mol. The quantitative estimate of drug-likeness (QED) is 0.459. The van der Waals surface area contributed by atoms with Gasteiger partial charge in [0.1, 0.15) is 17.0 Å². The summed E-state index contributed by atoms with van der Waals surface area (Å²) < 4.78 is 26.9. The Morgan fingerprint density at radius 3 is 2.38 bits per heavy atom. The Kier molecular flexibility index (Phi) is 6.29. The van der Waals surface area contributed by atoms with Crippen molar-refractivity contribution in [2.75, 3.05) is 13.1 Å². The first kappa shape index (κ1) is 24.0. The summed E-state index contributed by atoms with van der Waals surface area (Å²) in [5.74, 6) is -0.950. The monoisotopic (exact) mass is 487 g/mol. The Bertz CT molecular complexity index is 1230. The van der Waals surface area contributed by atoms with Crippen LogP contribution < -0.4 is 0 Å². The van der Waals surface area contributed by atoms with E-state index in [1.54, 1.807) is 47.1 Å². The Hall–Kier alpha value is -3.13. The van der Waals surface area contributed by atoms with Crippen LogP contribution in [0.5, 0.6) is 0 Å². The van der Waals surface area contributed by atoms with Gasteiger partial charge in [0.05, 0.1) is 17.3 Å². The Morgan fingerprint density at radius 1 is 1.12 bits per heavy atom. The summed E-state index contributed by atoms with van der Waals surface area (Å²) in [6.07, 6.45) is 1.88. The SMILES string of the molecule is Cn1ncc2cc(Cl)cc(C(=O)OC3(c4ccc(F)cc4)CCN(C(=O)OC(C)(C)C)CC3)c21. The van der Waals surface area contributed by atoms with E-state index in [2.05, 4.69) is 5.10 Å². The molecule has 3 aromatic rings. The van der Waals surface area contributed by atoms with E-state index in [9.17, 15) is 14.0 Å². The first-order valence-electron chi connectivity index (χ1n) is 11.1. The molecule has 0 atom stereocenters. The number of hydrogen-bond acceptors (Lipinski definition) is 5. The minimum Gasteiger partial charge on any atom is -0.450 e. The lowest BCUT2D eigenvalue weighted by atomic mass is 9.84. The number of likely N-dealkylation sites (tertiary alicyclic amines) is 1. The maximum absolute atomic E-state index is 13.7. The van der Waals surface area contributed by atoms with Gasteiger partial charge in [-0.2, -0.15) is 5.10 Å². The van der Waals surface area contributed by atoms with Crippen molar-refractivity contribution in [1.82, 2.24) is 14.7 Å². The highest BCUT2D eigenvalue weighted by atomic mass is 35.5. The lowest BCUT2D eigenvalue weighted by Crippen LogP contribution is -2.48. The number of nitrogens with zero attached hydrogens (tertiary/aromatic N) is 3. The predicted octanol–water partition coefficient (Wildman–Crippen LogP) is 5.45. The van der Waals surface area contributed by atoms with Crippen LogP contribution in [-0.2, 0) is 22.1 Å². The van der Waals surface area contributed by atoms with Crippen molar-refractivity contribution in [1.29, 1.82) is 0 Å². The third-order valence-corrected chi connectivity index (χ3v) is 6.12. The number of amides is 1. The van der Waals surface area contributed by atoms with E-state index in [-0.39, 0.29) is 5.82 Å². The van der Waals surface area contributed by atoms with Crippen LogP contribution in [0.3, 0.4) is 0 Å². The van der Waals surface area contributed by atoms with Gasteiger partial charge in [-0.3, -0.25) is 4.68 Å². The third-order valence-electron chi connectivity index (χ3n) is 5.90. The number of aryl methyl sites for hydroxylation is 1. The third kappa shape index (κ3) is 4.87. The van der Waals surface area contributed by atoms with E-state index >= 15 is 0 Å². The standard InChI is InChI=1S/C25H27ClFN3O4/c1-24(2,3)34-23(32)30-11-9-25(10-12-30,17-5-7-19(27)8-6-17)33-22(31)20-14-18(26)13-16-15-28-29(4)21(16)20/h5-8,13-15H,9-12H2,1-4H3. The second-order valence-electron chi connectivity index (χ2n) is 9.52. The van der Waals surface area contributed by atoms with Crippen LogP contribution in [0.4, 0.5) is 9.18 Å². The Labute approximate surface area is 202 Å². The van der Waals surface area contributed by atoms with Crippen molar-refractivity contribution in [2.45, 2.75) is 44.8 Å². The highest BCUT2D eigenvalue weighted by Crippen LogP contribution is 2.39. The van der Waals surface area contributed by atoms with Crippen molar-refractivity contribution < 1.29 is 23.5 Å². The van der Waals surface area contributed by atoms with Crippen LogP contribution >= 0.6 is 11.6 Å². The topological polar surface area (TPSA) is 73.7 Å². The number of benzene rings is 2. The van der Waals surface area contributed by atoms with E-state index < -0.39 is 23.3 Å². The molecule has 7 nitrogen and oxygen atoms in total. The fourth-order valence-electron chi connectivity index (χ4n) is 4.25. The molecule has 180 valence electrons. The van der Waals surface area contributed by atoms with Crippen LogP contribution in [0.25, 0.3) is 10.9 Å². The summed E-state index contributed by atoms with van der Waals surface area (Å²) in [5, 5.41) is 5.33. The molecule has 9 heteroatoms. The summed E-state index contributed by atoms with van der Waals surface area (Å²) in [4.78, 5) is 27.6. The zero-order valence-corrected chi connectivity index (χ0v) is 20.4. The molecule has 1 saturated heterocycles. The number of rotatable bonds is 3. The molecule has 4 rings (SSSR count). The molecule has 0 N–H and O–H groups in total. The molecule has 1 aliphatic rings. The molecular formula is C25H27ClFN3O4. The fourth-order valence-corrected chi connectivity index (χ4v) is 4.48. The average Bonchev–Trinajstić information content (AvgIpc) is 3.13. The lowest BCUT2D eigenvalue weighted by Gasteiger charge is -2.41. The number of carbonyl (C=O) groups excluding carboxylic acids is 2. The summed E-state index contributed by atoms with van der Waals surface area (Å²) >= 11 is 6.25. The van der Waals surface area contributed by atoms with Gasteiger partial charge in [0.2, 0.25) is 0 Å². The molecule has 1 amide bonds. The van der Waals surface area contributed by atoms with Crippen LogP contribution in [0, 0.1) is 5.82 Å². The number of hydrogen-bond donors (Lipinski definition) is 0. The zero-order valence-electron chi connectivity index (χ0n) is 19.6. The molecule has 1 aromatic heterocycles. The minimum atomic E-state index is -1.05. The van der Waals surface area contributed by atoms with Crippen LogP contribution in [-0.4, -0.2) is 45.4 Å². The smallest absolute Gasteiger partial charge is 0.410 e. The number of halogens is 2. The Morgan fingerprint density at radius 2 is 1.76 bits per heavy atom. The summed E-state index contributed by atoms with van der Waals surface area (Å²) in [5.41, 5.74) is -0.102. The molecule has 1 fully saturated rings. The maximum atomic E-state index is 13.7. The van der Waals surface area contributed by atoms with Gasteiger partial charge in [0.25, 0.3) is 0 Å². The molecule has 1 aliphatic heterocycles. The van der Waals surface area contributed by atoms with Gasteiger partial charge in [0.15, 0.2) is 0 Å². The summed E-state index contributed by atoms with van der Waals surface area (Å²) in [6, 6.07) is 9.19. The van der Waals surface area contributed by atoms with Gasteiger partial charge in [-0.05, 0) is 50.6 Å². The van der Waals surface area contributed by atoms with Gasteiger partial charge in [-0.1, -0.05) is 23.7 Å². The zero-order chi connectivity index (χ0) is 24.7. The molecule has 0 spiro atoms. The number of aromatic nitrogens is 2. The molecule has 0 saturated carbocycles. The first-order valence-corrected chi connectivity index (χ1v) is 11.4. The second kappa shape index (κ2) is 8.91. The van der Waals surface area contributed by atoms with Gasteiger partial charge in [-0.25, -0.2) is 14.0 Å². The number of fused-ring (bicyclic) bond motifs is 1. The molecular weight excluding hydrogens is 461 g/mol. The van der Waals surface area contributed by atoms with E-state index in [1.165, 1.54) is 12.1 Å².